The quantitative estimate of drug-likeness (QED) is 0.328. The van der Waals surface area contributed by atoms with Crippen molar-refractivity contribution in [2.24, 2.45) is 0 Å². The van der Waals surface area contributed by atoms with E-state index >= 15 is 0 Å². The van der Waals surface area contributed by atoms with Crippen LogP contribution in [0.3, 0.4) is 0 Å². The molecule has 2 N–H and O–H groups in total. The molecule has 3 heterocycles. The van der Waals surface area contributed by atoms with Gasteiger partial charge < -0.3 is 44.1 Å². The summed E-state index contributed by atoms with van der Waals surface area (Å²) in [4.78, 5) is 16.0. The number of aromatic nitrogens is 2. The monoisotopic (exact) mass is 564 g/mol. The fourth-order valence-electron chi connectivity index (χ4n) is 5.15. The van der Waals surface area contributed by atoms with Gasteiger partial charge in [-0.25, -0.2) is 4.98 Å². The largest absolute Gasteiger partial charge is 0.488 e. The molecule has 0 aliphatic carbocycles. The first kappa shape index (κ1) is 29.0. The maximum Gasteiger partial charge on any atom is 0.222 e. The number of likely N-dealkylation sites (N-methyl/N-ethyl adjacent to an activating group) is 1. The van der Waals surface area contributed by atoms with Gasteiger partial charge >= 0.3 is 0 Å². The van der Waals surface area contributed by atoms with E-state index in [1.807, 2.05) is 42.5 Å². The third kappa shape index (κ3) is 7.43. The van der Waals surface area contributed by atoms with Crippen molar-refractivity contribution in [3.8, 4) is 17.0 Å². The maximum absolute atomic E-state index is 6.36. The van der Waals surface area contributed by atoms with Crippen LogP contribution in [0.2, 0.25) is 0 Å². The summed E-state index contributed by atoms with van der Waals surface area (Å²) in [5.74, 6) is 1.78. The average Bonchev–Trinajstić information content (AvgIpc) is 3.41. The molecule has 0 saturated carbocycles. The second-order valence-electron chi connectivity index (χ2n) is 10.3. The Labute approximate surface area is 241 Å². The molecule has 2 aromatic carbocycles. The van der Waals surface area contributed by atoms with Crippen LogP contribution in [0.1, 0.15) is 5.56 Å². The van der Waals surface area contributed by atoms with E-state index in [-0.39, 0.29) is 31.7 Å². The van der Waals surface area contributed by atoms with E-state index in [2.05, 4.69) is 43.8 Å². The van der Waals surface area contributed by atoms with Gasteiger partial charge in [-0.05, 0) is 30.8 Å². The molecule has 3 aromatic rings. The number of nitrogens with two attached hydrogens (primary N) is 1. The zero-order chi connectivity index (χ0) is 28.6. The predicted octanol–water partition coefficient (Wildman–Crippen LogP) is 2.85. The molecule has 2 fully saturated rings. The number of piperazine rings is 1. The normalized spacial score (nSPS) is 19.6. The van der Waals surface area contributed by atoms with Crippen LogP contribution < -0.4 is 20.3 Å². The van der Waals surface area contributed by atoms with Crippen molar-refractivity contribution in [2.45, 2.75) is 18.8 Å². The summed E-state index contributed by atoms with van der Waals surface area (Å²) < 4.78 is 28.5. The lowest BCUT2D eigenvalue weighted by Crippen LogP contribution is -2.44. The Morgan fingerprint density at radius 3 is 2.17 bits per heavy atom. The minimum Gasteiger partial charge on any atom is -0.488 e. The van der Waals surface area contributed by atoms with Crippen molar-refractivity contribution >= 4 is 17.5 Å². The van der Waals surface area contributed by atoms with E-state index < -0.39 is 0 Å². The number of ether oxygens (including phenoxy) is 5. The zero-order valence-electron chi connectivity index (χ0n) is 24.1. The fourth-order valence-corrected chi connectivity index (χ4v) is 5.15. The molecule has 2 aliphatic heterocycles. The van der Waals surface area contributed by atoms with Gasteiger partial charge in [-0.15, -0.1) is 0 Å². The third-order valence-electron chi connectivity index (χ3n) is 7.41. The highest BCUT2D eigenvalue weighted by molar-refractivity contribution is 5.75. The van der Waals surface area contributed by atoms with Crippen molar-refractivity contribution in [2.75, 3.05) is 89.7 Å². The summed E-state index contributed by atoms with van der Waals surface area (Å²) in [5.41, 5.74) is 9.91. The average molecular weight is 565 g/mol. The molecule has 220 valence electrons. The molecule has 2 aliphatic rings. The number of nitrogen functional groups attached to an aromatic ring is 1. The van der Waals surface area contributed by atoms with E-state index in [1.165, 1.54) is 0 Å². The van der Waals surface area contributed by atoms with Crippen molar-refractivity contribution in [1.29, 1.82) is 0 Å². The number of anilines is 3. The number of hydrogen-bond donors (Lipinski definition) is 1. The van der Waals surface area contributed by atoms with Crippen LogP contribution in [-0.4, -0.2) is 101 Å². The number of hydrogen-bond acceptors (Lipinski definition) is 11. The summed E-state index contributed by atoms with van der Waals surface area (Å²) >= 11 is 0. The van der Waals surface area contributed by atoms with Crippen LogP contribution in [0.4, 0.5) is 17.5 Å². The molecule has 11 nitrogen and oxygen atoms in total. The second-order valence-corrected chi connectivity index (χ2v) is 10.3. The molecule has 11 heteroatoms. The number of rotatable bonds is 12. The molecular weight excluding hydrogens is 524 g/mol. The van der Waals surface area contributed by atoms with Crippen LogP contribution in [0.5, 0.6) is 5.75 Å². The SMILES string of the molecule is COCO[C@H]1CN(c2ccc(OCc3ccccc3)c(-c3cc(N4CCN(C)CC4)nc(N)n3)c2)C[C@@H]1OCOC. The van der Waals surface area contributed by atoms with Crippen molar-refractivity contribution in [3.05, 3.63) is 60.2 Å². The van der Waals surface area contributed by atoms with Crippen LogP contribution >= 0.6 is 0 Å². The van der Waals surface area contributed by atoms with Gasteiger partial charge in [-0.1, -0.05) is 30.3 Å². The fraction of sp³-hybridized carbons (Fsp3) is 0.467. The minimum atomic E-state index is -0.166. The first-order valence-corrected chi connectivity index (χ1v) is 13.9. The Morgan fingerprint density at radius 2 is 1.51 bits per heavy atom. The number of benzene rings is 2. The third-order valence-corrected chi connectivity index (χ3v) is 7.41. The molecule has 0 unspecified atom stereocenters. The number of methoxy groups -OCH3 is 2. The van der Waals surface area contributed by atoms with E-state index in [0.717, 1.165) is 60.3 Å². The molecule has 2 saturated heterocycles. The molecule has 5 rings (SSSR count). The first-order chi connectivity index (χ1) is 20.0. The summed E-state index contributed by atoms with van der Waals surface area (Å²) in [6.45, 7) is 5.78. The minimum absolute atomic E-state index is 0.166. The van der Waals surface area contributed by atoms with E-state index in [0.29, 0.717) is 19.7 Å². The molecule has 1 aromatic heterocycles. The molecule has 2 atom stereocenters. The zero-order valence-corrected chi connectivity index (χ0v) is 24.1. The molecule has 0 bridgehead atoms. The van der Waals surface area contributed by atoms with Crippen molar-refractivity contribution in [3.63, 3.8) is 0 Å². The maximum atomic E-state index is 6.36. The number of nitrogens with zero attached hydrogens (tertiary/aromatic N) is 5. The summed E-state index contributed by atoms with van der Waals surface area (Å²) in [6.07, 6.45) is -0.331. The lowest BCUT2D eigenvalue weighted by molar-refractivity contribution is -0.139. The second kappa shape index (κ2) is 13.9. The van der Waals surface area contributed by atoms with Gasteiger partial charge in [0, 0.05) is 70.8 Å². The summed E-state index contributed by atoms with van der Waals surface area (Å²) in [7, 11) is 5.36. The Bertz CT molecular complexity index is 1240. The molecule has 41 heavy (non-hydrogen) atoms. The van der Waals surface area contributed by atoms with Crippen LogP contribution in [0, 0.1) is 0 Å². The Balaban J connectivity index is 1.46. The van der Waals surface area contributed by atoms with Gasteiger partial charge in [0.25, 0.3) is 0 Å². The van der Waals surface area contributed by atoms with E-state index in [4.69, 9.17) is 29.4 Å². The highest BCUT2D eigenvalue weighted by Crippen LogP contribution is 2.36. The summed E-state index contributed by atoms with van der Waals surface area (Å²) in [6, 6.07) is 18.3. The highest BCUT2D eigenvalue weighted by Gasteiger charge is 2.35. The van der Waals surface area contributed by atoms with Gasteiger partial charge in [0.1, 0.15) is 44.0 Å². The van der Waals surface area contributed by atoms with E-state index in [9.17, 15) is 0 Å². The van der Waals surface area contributed by atoms with Crippen LogP contribution in [0.15, 0.2) is 54.6 Å². The smallest absolute Gasteiger partial charge is 0.222 e. The Hall–Kier alpha value is -3.48. The van der Waals surface area contributed by atoms with Gasteiger partial charge in [-0.3, -0.25) is 0 Å². The van der Waals surface area contributed by atoms with Crippen LogP contribution in [-0.2, 0) is 25.6 Å². The molecular formula is C30H40N6O5. The van der Waals surface area contributed by atoms with Gasteiger partial charge in [0.05, 0.1) is 5.69 Å². The topological polar surface area (TPSA) is 108 Å². The highest BCUT2D eigenvalue weighted by atomic mass is 16.7. The standard InChI is InChI=1S/C30H40N6O5/c1-34-11-13-35(14-12-34)29-16-25(32-30(31)33-29)24-15-23(9-10-26(24)39-19-22-7-5-4-6-8-22)36-17-27(40-20-37-2)28(18-36)41-21-38-3/h4-10,15-16,27-28H,11-14,17-21H2,1-3H3,(H2,31,32,33)/t27-,28-/m0/s1. The van der Waals surface area contributed by atoms with Crippen molar-refractivity contribution in [1.82, 2.24) is 14.9 Å². The molecule has 0 radical (unpaired) electrons. The molecule has 0 amide bonds. The summed E-state index contributed by atoms with van der Waals surface area (Å²) in [5, 5.41) is 0. The van der Waals surface area contributed by atoms with Crippen LogP contribution in [0.25, 0.3) is 11.3 Å². The predicted molar refractivity (Wildman–Crippen MR) is 158 cm³/mol. The van der Waals surface area contributed by atoms with Crippen molar-refractivity contribution < 1.29 is 23.7 Å². The lowest BCUT2D eigenvalue weighted by atomic mass is 10.1. The first-order valence-electron chi connectivity index (χ1n) is 13.9. The Kier molecular flexibility index (Phi) is 9.86. The Morgan fingerprint density at radius 1 is 0.829 bits per heavy atom. The molecule has 0 spiro atoms. The van der Waals surface area contributed by atoms with E-state index in [1.54, 1.807) is 14.2 Å². The van der Waals surface area contributed by atoms with Gasteiger partial charge in [-0.2, -0.15) is 4.98 Å². The van der Waals surface area contributed by atoms with Gasteiger partial charge in [0.2, 0.25) is 5.95 Å². The van der Waals surface area contributed by atoms with Gasteiger partial charge in [0.15, 0.2) is 0 Å². The lowest BCUT2D eigenvalue weighted by Gasteiger charge is -2.33.